The summed E-state index contributed by atoms with van der Waals surface area (Å²) in [4.78, 5) is 36.3. The van der Waals surface area contributed by atoms with E-state index >= 15 is 4.39 Å². The maximum absolute atomic E-state index is 15.7. The number of rotatable bonds is 11. The summed E-state index contributed by atoms with van der Waals surface area (Å²) >= 11 is 0. The number of hydrogen-bond acceptors (Lipinski definition) is 6. The summed E-state index contributed by atoms with van der Waals surface area (Å²) < 4.78 is 32.2. The van der Waals surface area contributed by atoms with Gasteiger partial charge in [0.2, 0.25) is 0 Å². The van der Waals surface area contributed by atoms with E-state index in [2.05, 4.69) is 13.2 Å². The molecule has 1 atom stereocenters. The zero-order valence-electron chi connectivity index (χ0n) is 25.1. The topological polar surface area (TPSA) is 78.9 Å². The smallest absolute Gasteiger partial charge is 0.338 e. The molecule has 224 valence electrons. The number of fused-ring (bicyclic) bond motifs is 1. The van der Waals surface area contributed by atoms with E-state index < -0.39 is 17.9 Å². The Morgan fingerprint density at radius 1 is 0.907 bits per heavy atom. The summed E-state index contributed by atoms with van der Waals surface area (Å²) in [7, 11) is 0. The average Bonchev–Trinajstić information content (AvgIpc) is 3.39. The summed E-state index contributed by atoms with van der Waals surface area (Å²) in [6.45, 7) is 14.2. The highest BCUT2D eigenvalue weighted by Gasteiger charge is 2.33. The summed E-state index contributed by atoms with van der Waals surface area (Å²) in [6.07, 6.45) is 1.87. The molecular weight excluding hydrogens is 547 g/mol. The van der Waals surface area contributed by atoms with Gasteiger partial charge >= 0.3 is 17.9 Å². The molecule has 3 aromatic carbocycles. The van der Waals surface area contributed by atoms with Gasteiger partial charge in [0, 0.05) is 22.3 Å². The molecule has 0 amide bonds. The van der Waals surface area contributed by atoms with Crippen molar-refractivity contribution in [3.63, 3.8) is 0 Å². The minimum absolute atomic E-state index is 0.241. The standard InChI is InChI=1S/C36H37FO6/c1-21(2)34(38)41-19-7-8-24-9-11-25(12-10-24)26-13-14-28(30(37)20-26)27-15-17-31(42-35(39)22(3)4)33-29(27)16-18-32(33)43-36(40)23(5)6/h9-15,17,20,23,32H,1,3,7-8,16,18-19H2,2,4-6H3. The molecule has 0 N–H and O–H groups in total. The maximum atomic E-state index is 15.7. The number of halogens is 1. The Morgan fingerprint density at radius 3 is 2.19 bits per heavy atom. The van der Waals surface area contributed by atoms with Gasteiger partial charge in [-0.05, 0) is 79.5 Å². The minimum Gasteiger partial charge on any atom is -0.462 e. The number of carbonyl (C=O) groups is 3. The molecule has 7 heteroatoms. The highest BCUT2D eigenvalue weighted by atomic mass is 19.1. The molecule has 0 heterocycles. The molecule has 0 spiro atoms. The predicted octanol–water partition coefficient (Wildman–Crippen LogP) is 7.88. The van der Waals surface area contributed by atoms with Crippen LogP contribution in [0.15, 0.2) is 78.9 Å². The monoisotopic (exact) mass is 584 g/mol. The van der Waals surface area contributed by atoms with Gasteiger partial charge in [-0.25, -0.2) is 14.0 Å². The van der Waals surface area contributed by atoms with E-state index in [0.717, 1.165) is 28.7 Å². The predicted molar refractivity (Wildman–Crippen MR) is 164 cm³/mol. The second-order valence-corrected chi connectivity index (χ2v) is 11.2. The molecule has 1 aliphatic carbocycles. The number of benzene rings is 3. The fourth-order valence-corrected chi connectivity index (χ4v) is 4.95. The Labute approximate surface area is 252 Å². The molecule has 1 aliphatic rings. The van der Waals surface area contributed by atoms with Crippen molar-refractivity contribution in [2.75, 3.05) is 6.61 Å². The van der Waals surface area contributed by atoms with E-state index in [1.54, 1.807) is 45.9 Å². The van der Waals surface area contributed by atoms with Gasteiger partial charge in [-0.2, -0.15) is 0 Å². The molecule has 0 fully saturated rings. The van der Waals surface area contributed by atoms with E-state index in [4.69, 9.17) is 14.2 Å². The normalized spacial score (nSPS) is 13.8. The molecule has 0 saturated heterocycles. The number of ether oxygens (including phenoxy) is 3. The van der Waals surface area contributed by atoms with Gasteiger partial charge < -0.3 is 14.2 Å². The lowest BCUT2D eigenvalue weighted by atomic mass is 9.93. The first-order valence-corrected chi connectivity index (χ1v) is 14.4. The highest BCUT2D eigenvalue weighted by molar-refractivity contribution is 5.89. The summed E-state index contributed by atoms with van der Waals surface area (Å²) in [5.74, 6) is -1.74. The van der Waals surface area contributed by atoms with Crippen molar-refractivity contribution < 1.29 is 33.0 Å². The summed E-state index contributed by atoms with van der Waals surface area (Å²) in [6, 6.07) is 16.4. The second-order valence-electron chi connectivity index (χ2n) is 11.2. The first-order chi connectivity index (χ1) is 20.5. The van der Waals surface area contributed by atoms with Crippen LogP contribution >= 0.6 is 0 Å². The van der Waals surface area contributed by atoms with Crippen LogP contribution in [-0.2, 0) is 36.7 Å². The summed E-state index contributed by atoms with van der Waals surface area (Å²) in [5.41, 5.74) is 5.77. The van der Waals surface area contributed by atoms with Gasteiger partial charge in [-0.3, -0.25) is 4.79 Å². The van der Waals surface area contributed by atoms with Gasteiger partial charge in [-0.1, -0.05) is 69.5 Å². The lowest BCUT2D eigenvalue weighted by Gasteiger charge is -2.19. The van der Waals surface area contributed by atoms with Crippen LogP contribution in [0.3, 0.4) is 0 Å². The number of esters is 3. The Hall–Kier alpha value is -4.52. The first kappa shape index (κ1) is 31.4. The molecule has 4 rings (SSSR count). The maximum Gasteiger partial charge on any atom is 0.338 e. The van der Waals surface area contributed by atoms with Crippen molar-refractivity contribution >= 4 is 17.9 Å². The largest absolute Gasteiger partial charge is 0.462 e. The SMILES string of the molecule is C=C(C)C(=O)OCCCc1ccc(-c2ccc(-c3ccc(OC(=O)C(=C)C)c4c3CCC4OC(=O)C(C)C)c(F)c2)cc1. The van der Waals surface area contributed by atoms with Gasteiger partial charge in [0.15, 0.2) is 0 Å². The Morgan fingerprint density at radius 2 is 1.56 bits per heavy atom. The third-order valence-corrected chi connectivity index (χ3v) is 7.31. The molecule has 0 aromatic heterocycles. The molecule has 3 aromatic rings. The zero-order chi connectivity index (χ0) is 31.3. The Balaban J connectivity index is 1.57. The van der Waals surface area contributed by atoms with Gasteiger partial charge in [0.25, 0.3) is 0 Å². The van der Waals surface area contributed by atoms with Gasteiger partial charge in [0.05, 0.1) is 12.5 Å². The van der Waals surface area contributed by atoms with Gasteiger partial charge in [0.1, 0.15) is 17.7 Å². The number of aryl methyl sites for hydroxylation is 1. The van der Waals surface area contributed by atoms with E-state index in [0.29, 0.717) is 48.1 Å². The molecule has 0 radical (unpaired) electrons. The van der Waals surface area contributed by atoms with E-state index in [1.165, 1.54) is 6.07 Å². The van der Waals surface area contributed by atoms with Crippen LogP contribution in [0.4, 0.5) is 4.39 Å². The lowest BCUT2D eigenvalue weighted by molar-refractivity contribution is -0.153. The molecule has 6 nitrogen and oxygen atoms in total. The second kappa shape index (κ2) is 13.6. The molecule has 1 unspecified atom stereocenters. The molecular formula is C36H37FO6. The van der Waals surface area contributed by atoms with Crippen molar-refractivity contribution in [3.8, 4) is 28.0 Å². The number of carbonyl (C=O) groups excluding carboxylic acids is 3. The van der Waals surface area contributed by atoms with Crippen LogP contribution in [-0.4, -0.2) is 24.5 Å². The molecule has 0 saturated carbocycles. The van der Waals surface area contributed by atoms with Crippen LogP contribution in [0, 0.1) is 11.7 Å². The van der Waals surface area contributed by atoms with Crippen molar-refractivity contribution in [2.45, 2.75) is 59.5 Å². The highest BCUT2D eigenvalue weighted by Crippen LogP contribution is 2.46. The Kier molecular flexibility index (Phi) is 9.96. The van der Waals surface area contributed by atoms with Crippen molar-refractivity contribution in [2.24, 2.45) is 5.92 Å². The zero-order valence-corrected chi connectivity index (χ0v) is 25.1. The van der Waals surface area contributed by atoms with Crippen LogP contribution < -0.4 is 4.74 Å². The van der Waals surface area contributed by atoms with Crippen LogP contribution in [0.25, 0.3) is 22.3 Å². The average molecular weight is 585 g/mol. The van der Waals surface area contributed by atoms with Crippen LogP contribution in [0.2, 0.25) is 0 Å². The summed E-state index contributed by atoms with van der Waals surface area (Å²) in [5, 5.41) is 0. The van der Waals surface area contributed by atoms with E-state index in [-0.39, 0.29) is 29.2 Å². The third kappa shape index (κ3) is 7.47. The van der Waals surface area contributed by atoms with Crippen LogP contribution in [0.1, 0.15) is 63.3 Å². The molecule has 43 heavy (non-hydrogen) atoms. The third-order valence-electron chi connectivity index (χ3n) is 7.31. The molecule has 0 bridgehead atoms. The van der Waals surface area contributed by atoms with E-state index in [1.807, 2.05) is 30.3 Å². The Bertz CT molecular complexity index is 1570. The fraction of sp³-hybridized carbons (Fsp3) is 0.306. The fourth-order valence-electron chi connectivity index (χ4n) is 4.95. The van der Waals surface area contributed by atoms with Gasteiger partial charge in [-0.15, -0.1) is 0 Å². The first-order valence-electron chi connectivity index (χ1n) is 14.4. The molecule has 0 aliphatic heterocycles. The van der Waals surface area contributed by atoms with Crippen molar-refractivity contribution in [1.82, 2.24) is 0 Å². The van der Waals surface area contributed by atoms with Crippen molar-refractivity contribution in [1.29, 1.82) is 0 Å². The van der Waals surface area contributed by atoms with E-state index in [9.17, 15) is 14.4 Å². The lowest BCUT2D eigenvalue weighted by Crippen LogP contribution is -2.16. The van der Waals surface area contributed by atoms with Crippen LogP contribution in [0.5, 0.6) is 5.75 Å². The quantitative estimate of drug-likeness (QED) is 0.0987. The van der Waals surface area contributed by atoms with Crippen molar-refractivity contribution in [3.05, 3.63) is 101 Å². The minimum atomic E-state index is -0.600. The number of hydrogen-bond donors (Lipinski definition) is 0.